The maximum atomic E-state index is 10.9. The fraction of sp³-hybridized carbons (Fsp3) is 0.250. The van der Waals surface area contributed by atoms with Gasteiger partial charge in [0.15, 0.2) is 5.69 Å². The summed E-state index contributed by atoms with van der Waals surface area (Å²) in [6.45, 7) is 2.15. The normalized spacial score (nSPS) is 12.3. The van der Waals surface area contributed by atoms with Gasteiger partial charge in [0.2, 0.25) is 0 Å². The molecule has 18 heavy (non-hydrogen) atoms. The third-order valence-corrected chi connectivity index (χ3v) is 2.70. The summed E-state index contributed by atoms with van der Waals surface area (Å²) in [7, 11) is 0. The minimum absolute atomic E-state index is 0.0898. The maximum absolute atomic E-state index is 10.9. The first-order valence-electron chi connectivity index (χ1n) is 5.51. The molecule has 1 heterocycles. The van der Waals surface area contributed by atoms with Gasteiger partial charge in [0.1, 0.15) is 0 Å². The fourth-order valence-corrected chi connectivity index (χ4v) is 1.74. The molecule has 6 nitrogen and oxygen atoms in total. The Hall–Kier alpha value is -2.21. The van der Waals surface area contributed by atoms with Crippen LogP contribution in [0.4, 0.5) is 0 Å². The van der Waals surface area contributed by atoms with E-state index in [1.807, 2.05) is 31.2 Å². The van der Waals surface area contributed by atoms with E-state index in [1.165, 1.54) is 10.9 Å². The number of primary amides is 1. The molecule has 0 aliphatic rings. The topological polar surface area (TPSA) is 94.0 Å². The minimum atomic E-state index is -0.700. The van der Waals surface area contributed by atoms with Crippen molar-refractivity contribution in [2.45, 2.75) is 19.6 Å². The molecule has 1 atom stereocenters. The Morgan fingerprint density at radius 2 is 2.22 bits per heavy atom. The van der Waals surface area contributed by atoms with Crippen molar-refractivity contribution in [1.82, 2.24) is 15.0 Å². The molecule has 94 valence electrons. The third kappa shape index (κ3) is 2.54. The SMILES string of the molecule is Cc1ccccc1C(O)Cn1cc(C(N)=O)nn1. The zero-order valence-corrected chi connectivity index (χ0v) is 9.95. The molecule has 6 heteroatoms. The van der Waals surface area contributed by atoms with Crippen LogP contribution in [-0.2, 0) is 6.54 Å². The Bertz CT molecular complexity index is 565. The number of amides is 1. The van der Waals surface area contributed by atoms with E-state index in [2.05, 4.69) is 10.3 Å². The second-order valence-electron chi connectivity index (χ2n) is 4.06. The fourth-order valence-electron chi connectivity index (χ4n) is 1.74. The molecule has 0 fully saturated rings. The molecule has 0 saturated heterocycles. The lowest BCUT2D eigenvalue weighted by molar-refractivity contribution is 0.0995. The summed E-state index contributed by atoms with van der Waals surface area (Å²) in [6.07, 6.45) is 0.720. The van der Waals surface area contributed by atoms with Crippen molar-refractivity contribution in [3.05, 3.63) is 47.3 Å². The summed E-state index contributed by atoms with van der Waals surface area (Å²) in [5, 5.41) is 17.4. The summed E-state index contributed by atoms with van der Waals surface area (Å²) < 4.78 is 1.40. The van der Waals surface area contributed by atoms with Gasteiger partial charge < -0.3 is 10.8 Å². The maximum Gasteiger partial charge on any atom is 0.270 e. The summed E-state index contributed by atoms with van der Waals surface area (Å²) in [4.78, 5) is 10.9. The van der Waals surface area contributed by atoms with Gasteiger partial charge in [0.05, 0.1) is 18.8 Å². The second-order valence-corrected chi connectivity index (χ2v) is 4.06. The Morgan fingerprint density at radius 1 is 1.50 bits per heavy atom. The van der Waals surface area contributed by atoms with Crippen LogP contribution in [-0.4, -0.2) is 26.0 Å². The van der Waals surface area contributed by atoms with Gasteiger partial charge in [-0.2, -0.15) is 0 Å². The van der Waals surface area contributed by atoms with Crippen molar-refractivity contribution in [2.24, 2.45) is 5.73 Å². The number of aliphatic hydroxyl groups excluding tert-OH is 1. The van der Waals surface area contributed by atoms with Crippen LogP contribution in [0.25, 0.3) is 0 Å². The highest BCUT2D eigenvalue weighted by molar-refractivity contribution is 5.90. The summed E-state index contributed by atoms with van der Waals surface area (Å²) in [5.41, 5.74) is 6.99. The van der Waals surface area contributed by atoms with Crippen LogP contribution < -0.4 is 5.73 Å². The molecule has 0 radical (unpaired) electrons. The van der Waals surface area contributed by atoms with Gasteiger partial charge in [-0.15, -0.1) is 5.10 Å². The van der Waals surface area contributed by atoms with Crippen LogP contribution in [0.2, 0.25) is 0 Å². The number of hydrogen-bond acceptors (Lipinski definition) is 4. The van der Waals surface area contributed by atoms with Gasteiger partial charge in [-0.3, -0.25) is 4.79 Å². The Morgan fingerprint density at radius 3 is 2.83 bits per heavy atom. The van der Waals surface area contributed by atoms with E-state index in [4.69, 9.17) is 5.73 Å². The number of nitrogens with zero attached hydrogens (tertiary/aromatic N) is 3. The Kier molecular flexibility index (Phi) is 3.38. The van der Waals surface area contributed by atoms with Crippen LogP contribution in [0.5, 0.6) is 0 Å². The molecule has 0 saturated carbocycles. The van der Waals surface area contributed by atoms with E-state index in [-0.39, 0.29) is 12.2 Å². The molecule has 2 rings (SSSR count). The van der Waals surface area contributed by atoms with Crippen molar-refractivity contribution in [1.29, 1.82) is 0 Å². The van der Waals surface area contributed by atoms with Crippen LogP contribution >= 0.6 is 0 Å². The third-order valence-electron chi connectivity index (χ3n) is 2.70. The predicted octanol–water partition coefficient (Wildman–Crippen LogP) is 0.419. The molecule has 0 aliphatic heterocycles. The predicted molar refractivity (Wildman–Crippen MR) is 64.7 cm³/mol. The van der Waals surface area contributed by atoms with Crippen molar-refractivity contribution in [2.75, 3.05) is 0 Å². The lowest BCUT2D eigenvalue weighted by Crippen LogP contribution is -2.12. The van der Waals surface area contributed by atoms with E-state index < -0.39 is 12.0 Å². The second kappa shape index (κ2) is 4.97. The summed E-state index contributed by atoms with van der Waals surface area (Å²) in [6, 6.07) is 7.55. The van der Waals surface area contributed by atoms with E-state index in [9.17, 15) is 9.90 Å². The Balaban J connectivity index is 2.13. The van der Waals surface area contributed by atoms with E-state index in [0.717, 1.165) is 11.1 Å². The van der Waals surface area contributed by atoms with Crippen molar-refractivity contribution in [3.63, 3.8) is 0 Å². The molecule has 1 unspecified atom stereocenters. The molecule has 0 aliphatic carbocycles. The number of carbonyl (C=O) groups excluding carboxylic acids is 1. The number of aliphatic hydroxyl groups is 1. The first-order chi connectivity index (χ1) is 8.58. The average molecular weight is 246 g/mol. The number of aryl methyl sites for hydroxylation is 1. The van der Waals surface area contributed by atoms with Gasteiger partial charge >= 0.3 is 0 Å². The smallest absolute Gasteiger partial charge is 0.270 e. The number of benzene rings is 1. The monoisotopic (exact) mass is 246 g/mol. The van der Waals surface area contributed by atoms with Crippen LogP contribution in [0, 0.1) is 6.92 Å². The van der Waals surface area contributed by atoms with Crippen molar-refractivity contribution >= 4 is 5.91 Å². The Labute approximate surface area is 104 Å². The largest absolute Gasteiger partial charge is 0.386 e. The van der Waals surface area contributed by atoms with Crippen molar-refractivity contribution in [3.8, 4) is 0 Å². The molecule has 2 aromatic rings. The molecular weight excluding hydrogens is 232 g/mol. The van der Waals surface area contributed by atoms with Gasteiger partial charge in [-0.1, -0.05) is 29.5 Å². The summed E-state index contributed by atoms with van der Waals surface area (Å²) in [5.74, 6) is -0.633. The number of hydrogen-bond donors (Lipinski definition) is 2. The molecule has 1 amide bonds. The van der Waals surface area contributed by atoms with Gasteiger partial charge in [0, 0.05) is 0 Å². The number of nitrogens with two attached hydrogens (primary N) is 1. The molecule has 1 aromatic carbocycles. The number of aromatic nitrogens is 3. The van der Waals surface area contributed by atoms with E-state index in [0.29, 0.717) is 0 Å². The minimum Gasteiger partial charge on any atom is -0.386 e. The van der Waals surface area contributed by atoms with Crippen LogP contribution in [0.1, 0.15) is 27.7 Å². The molecular formula is C12H14N4O2. The standard InChI is InChI=1S/C12H14N4O2/c1-8-4-2-3-5-9(8)11(17)7-16-6-10(12(13)18)14-15-16/h2-6,11,17H,7H2,1H3,(H2,13,18). The first kappa shape index (κ1) is 12.3. The lowest BCUT2D eigenvalue weighted by Gasteiger charge is -2.12. The molecule has 0 bridgehead atoms. The first-order valence-corrected chi connectivity index (χ1v) is 5.51. The molecule has 1 aromatic heterocycles. The molecule has 0 spiro atoms. The zero-order valence-electron chi connectivity index (χ0n) is 9.95. The van der Waals surface area contributed by atoms with Gasteiger partial charge in [-0.25, -0.2) is 4.68 Å². The van der Waals surface area contributed by atoms with Crippen LogP contribution in [0.3, 0.4) is 0 Å². The highest BCUT2D eigenvalue weighted by atomic mass is 16.3. The number of rotatable bonds is 4. The summed E-state index contributed by atoms with van der Waals surface area (Å²) >= 11 is 0. The average Bonchev–Trinajstić information content (AvgIpc) is 2.78. The van der Waals surface area contributed by atoms with Gasteiger partial charge in [0.25, 0.3) is 5.91 Å². The van der Waals surface area contributed by atoms with Crippen molar-refractivity contribution < 1.29 is 9.90 Å². The van der Waals surface area contributed by atoms with Gasteiger partial charge in [-0.05, 0) is 18.1 Å². The lowest BCUT2D eigenvalue weighted by atomic mass is 10.0. The quantitative estimate of drug-likeness (QED) is 0.817. The van der Waals surface area contributed by atoms with E-state index >= 15 is 0 Å². The number of carbonyl (C=O) groups is 1. The molecule has 3 N–H and O–H groups in total. The highest BCUT2D eigenvalue weighted by Gasteiger charge is 2.13. The highest BCUT2D eigenvalue weighted by Crippen LogP contribution is 2.18. The zero-order chi connectivity index (χ0) is 13.1. The van der Waals surface area contributed by atoms with Crippen LogP contribution in [0.15, 0.2) is 30.5 Å². The van der Waals surface area contributed by atoms with E-state index in [1.54, 1.807) is 0 Å².